The van der Waals surface area contributed by atoms with E-state index in [1.54, 1.807) is 0 Å². The van der Waals surface area contributed by atoms with Crippen LogP contribution < -0.4 is 10.4 Å². The second-order valence-corrected chi connectivity index (χ2v) is 10.4. The lowest BCUT2D eigenvalue weighted by Gasteiger charge is -2.33. The van der Waals surface area contributed by atoms with Crippen LogP contribution in [0, 0.1) is 13.8 Å². The Labute approximate surface area is 152 Å². The smallest absolute Gasteiger partial charge is 0.255 e. The maximum Gasteiger partial charge on any atom is 0.255 e. The second kappa shape index (κ2) is 8.28. The van der Waals surface area contributed by atoms with Crippen molar-refractivity contribution in [1.29, 1.82) is 0 Å². The van der Waals surface area contributed by atoms with Gasteiger partial charge in [-0.3, -0.25) is 0 Å². The Bertz CT molecular complexity index is 652. The van der Waals surface area contributed by atoms with Gasteiger partial charge >= 0.3 is 0 Å². The molecular formula is C21H28O3Si. The molecule has 1 saturated heterocycles. The number of aryl methyl sites for hydroxylation is 2. The van der Waals surface area contributed by atoms with E-state index in [1.807, 2.05) is 7.11 Å². The highest BCUT2D eigenvalue weighted by atomic mass is 28.4. The minimum atomic E-state index is -2.28. The zero-order valence-corrected chi connectivity index (χ0v) is 16.5. The van der Waals surface area contributed by atoms with Crippen molar-refractivity contribution >= 4 is 18.7 Å². The molecule has 0 saturated carbocycles. The van der Waals surface area contributed by atoms with E-state index in [0.717, 1.165) is 32.3 Å². The largest absolute Gasteiger partial charge is 0.411 e. The minimum absolute atomic E-state index is 0.331. The lowest BCUT2D eigenvalue weighted by atomic mass is 10.2. The summed E-state index contributed by atoms with van der Waals surface area (Å²) < 4.78 is 17.3. The van der Waals surface area contributed by atoms with Gasteiger partial charge in [0, 0.05) is 13.7 Å². The molecular weight excluding hydrogens is 328 g/mol. The van der Waals surface area contributed by atoms with Gasteiger partial charge in [-0.1, -0.05) is 48.5 Å². The van der Waals surface area contributed by atoms with Crippen LogP contribution in [0.5, 0.6) is 0 Å². The Balaban J connectivity index is 1.86. The van der Waals surface area contributed by atoms with Gasteiger partial charge in [0.05, 0.1) is 13.2 Å². The predicted molar refractivity (Wildman–Crippen MR) is 104 cm³/mol. The first kappa shape index (κ1) is 18.3. The molecule has 0 spiro atoms. The molecule has 2 aromatic carbocycles. The van der Waals surface area contributed by atoms with E-state index in [-0.39, 0.29) is 0 Å². The van der Waals surface area contributed by atoms with Gasteiger partial charge in [-0.25, -0.2) is 0 Å². The van der Waals surface area contributed by atoms with Crippen molar-refractivity contribution in [2.45, 2.75) is 32.4 Å². The van der Waals surface area contributed by atoms with Gasteiger partial charge in [0.2, 0.25) is 0 Å². The Morgan fingerprint density at radius 2 is 1.56 bits per heavy atom. The quantitative estimate of drug-likeness (QED) is 0.393. The molecule has 0 radical (unpaired) electrons. The zero-order valence-electron chi connectivity index (χ0n) is 15.5. The van der Waals surface area contributed by atoms with Crippen molar-refractivity contribution in [3.63, 3.8) is 0 Å². The van der Waals surface area contributed by atoms with Crippen molar-refractivity contribution in [1.82, 2.24) is 0 Å². The highest BCUT2D eigenvalue weighted by Crippen LogP contribution is 2.19. The summed E-state index contributed by atoms with van der Waals surface area (Å²) in [7, 11) is -0.405. The van der Waals surface area contributed by atoms with Crippen LogP contribution in [-0.4, -0.2) is 41.4 Å². The number of benzene rings is 2. The molecule has 3 nitrogen and oxygen atoms in total. The summed E-state index contributed by atoms with van der Waals surface area (Å²) in [5.41, 5.74) is 2.62. The van der Waals surface area contributed by atoms with Gasteiger partial charge in [-0.2, -0.15) is 0 Å². The summed E-state index contributed by atoms with van der Waals surface area (Å²) in [5.74, 6) is 0. The molecule has 2 aromatic rings. The fraction of sp³-hybridized carbons (Fsp3) is 0.429. The van der Waals surface area contributed by atoms with Crippen molar-refractivity contribution in [2.75, 3.05) is 26.9 Å². The van der Waals surface area contributed by atoms with Crippen LogP contribution in [0.3, 0.4) is 0 Å². The molecule has 3 rings (SSSR count). The van der Waals surface area contributed by atoms with E-state index in [4.69, 9.17) is 13.9 Å². The monoisotopic (exact) mass is 356 g/mol. The number of epoxide rings is 1. The third-order valence-corrected chi connectivity index (χ3v) is 9.65. The molecule has 134 valence electrons. The van der Waals surface area contributed by atoms with E-state index in [1.165, 1.54) is 21.5 Å². The molecule has 0 bridgehead atoms. The topological polar surface area (TPSA) is 31.0 Å². The molecule has 1 heterocycles. The van der Waals surface area contributed by atoms with E-state index in [9.17, 15) is 0 Å². The van der Waals surface area contributed by atoms with Crippen molar-refractivity contribution in [3.8, 4) is 0 Å². The standard InChI is InChI=1S/C21H28O3Si/c1-17-9-4-6-11-20(17)25(22-3,21-12-7-5-10-18(21)2)14-8-13-23-15-19-16-24-19/h4-7,9-12,19H,8,13-16H2,1-3H3. The Kier molecular flexibility index (Phi) is 6.07. The molecule has 1 atom stereocenters. The molecule has 0 aromatic heterocycles. The number of ether oxygens (including phenoxy) is 2. The Hall–Kier alpha value is -1.46. The van der Waals surface area contributed by atoms with Crippen LogP contribution >= 0.6 is 0 Å². The van der Waals surface area contributed by atoms with Gasteiger partial charge in [0.15, 0.2) is 0 Å². The van der Waals surface area contributed by atoms with Crippen molar-refractivity contribution in [3.05, 3.63) is 59.7 Å². The first-order valence-electron chi connectivity index (χ1n) is 9.04. The summed E-state index contributed by atoms with van der Waals surface area (Å²) in [6.45, 7) is 6.71. The zero-order chi connectivity index (χ0) is 17.7. The van der Waals surface area contributed by atoms with Crippen molar-refractivity contribution in [2.24, 2.45) is 0 Å². The average Bonchev–Trinajstić information content (AvgIpc) is 3.44. The van der Waals surface area contributed by atoms with Gasteiger partial charge < -0.3 is 13.9 Å². The third kappa shape index (κ3) is 4.21. The SMILES string of the molecule is CO[Si](CCCOCC1CO1)(c1ccccc1C)c1ccccc1C. The Morgan fingerprint density at radius 3 is 2.04 bits per heavy atom. The van der Waals surface area contributed by atoms with E-state index in [0.29, 0.717) is 6.10 Å². The van der Waals surface area contributed by atoms with Crippen LogP contribution in [0.4, 0.5) is 0 Å². The number of rotatable bonds is 9. The summed E-state index contributed by atoms with van der Waals surface area (Å²) >= 11 is 0. The molecule has 1 aliphatic rings. The van der Waals surface area contributed by atoms with E-state index < -0.39 is 8.32 Å². The lowest BCUT2D eigenvalue weighted by Crippen LogP contribution is -2.61. The van der Waals surface area contributed by atoms with Crippen LogP contribution in [0.15, 0.2) is 48.5 Å². The van der Waals surface area contributed by atoms with Gasteiger partial charge in [0.1, 0.15) is 6.10 Å². The highest BCUT2D eigenvalue weighted by molar-refractivity contribution is 6.98. The van der Waals surface area contributed by atoms with E-state index >= 15 is 0 Å². The first-order chi connectivity index (χ1) is 12.2. The van der Waals surface area contributed by atoms with Crippen LogP contribution in [0.25, 0.3) is 0 Å². The summed E-state index contributed by atoms with van der Waals surface area (Å²) in [5, 5.41) is 2.75. The summed E-state index contributed by atoms with van der Waals surface area (Å²) in [4.78, 5) is 0. The fourth-order valence-electron chi connectivity index (χ4n) is 3.59. The normalized spacial score (nSPS) is 16.8. The third-order valence-electron chi connectivity index (χ3n) is 5.03. The maximum absolute atomic E-state index is 6.37. The Morgan fingerprint density at radius 1 is 1.00 bits per heavy atom. The minimum Gasteiger partial charge on any atom is -0.411 e. The maximum atomic E-state index is 6.37. The van der Waals surface area contributed by atoms with Crippen LogP contribution in [0.2, 0.25) is 6.04 Å². The first-order valence-corrected chi connectivity index (χ1v) is 11.2. The van der Waals surface area contributed by atoms with Gasteiger partial charge in [-0.15, -0.1) is 0 Å². The molecule has 1 aliphatic heterocycles. The molecule has 0 aliphatic carbocycles. The molecule has 1 fully saturated rings. The lowest BCUT2D eigenvalue weighted by molar-refractivity contribution is 0.116. The fourth-order valence-corrected chi connectivity index (χ4v) is 7.88. The summed E-state index contributed by atoms with van der Waals surface area (Å²) in [6.07, 6.45) is 1.33. The number of hydrogen-bond acceptors (Lipinski definition) is 3. The van der Waals surface area contributed by atoms with E-state index in [2.05, 4.69) is 62.4 Å². The molecule has 25 heavy (non-hydrogen) atoms. The number of hydrogen-bond donors (Lipinski definition) is 0. The average molecular weight is 357 g/mol. The van der Waals surface area contributed by atoms with Crippen molar-refractivity contribution < 1.29 is 13.9 Å². The predicted octanol–water partition coefficient (Wildman–Crippen LogP) is 2.82. The van der Waals surface area contributed by atoms with Crippen LogP contribution in [-0.2, 0) is 13.9 Å². The molecule has 4 heteroatoms. The van der Waals surface area contributed by atoms with Gasteiger partial charge in [-0.05, 0) is 47.8 Å². The van der Waals surface area contributed by atoms with Crippen LogP contribution in [0.1, 0.15) is 17.5 Å². The highest BCUT2D eigenvalue weighted by Gasteiger charge is 2.40. The van der Waals surface area contributed by atoms with Gasteiger partial charge in [0.25, 0.3) is 8.32 Å². The summed E-state index contributed by atoms with van der Waals surface area (Å²) in [6, 6.07) is 18.3. The second-order valence-electron chi connectivity index (χ2n) is 6.79. The molecule has 0 N–H and O–H groups in total. The molecule has 0 amide bonds. The molecule has 1 unspecified atom stereocenters.